The maximum Gasteiger partial charge on any atom is 0.417 e. The Balaban J connectivity index is 2.28. The van der Waals surface area contributed by atoms with E-state index in [9.17, 15) is 9.59 Å². The standard InChI is InChI=1S/C13H13NO3/c1-2-6-12(15)14-11(9-17-13(14)16)10-7-4-3-5-8-10/h2-8,11H,9H2,1H3/b6-2+/t11-/m0/s1. The van der Waals surface area contributed by atoms with Crippen LogP contribution in [0.3, 0.4) is 0 Å². The Morgan fingerprint density at radius 1 is 1.41 bits per heavy atom. The van der Waals surface area contributed by atoms with Gasteiger partial charge in [0.05, 0.1) is 0 Å². The molecule has 0 aromatic heterocycles. The molecular weight excluding hydrogens is 218 g/mol. The molecule has 4 nitrogen and oxygen atoms in total. The molecule has 0 bridgehead atoms. The van der Waals surface area contributed by atoms with Crippen molar-refractivity contribution in [3.05, 3.63) is 48.0 Å². The number of amides is 2. The predicted molar refractivity (Wildman–Crippen MR) is 62.2 cm³/mol. The molecule has 1 fully saturated rings. The Bertz CT molecular complexity index is 453. The van der Waals surface area contributed by atoms with Crippen molar-refractivity contribution in [2.24, 2.45) is 0 Å². The Morgan fingerprint density at radius 3 is 2.76 bits per heavy atom. The summed E-state index contributed by atoms with van der Waals surface area (Å²) in [5.74, 6) is -0.344. The lowest BCUT2D eigenvalue weighted by molar-refractivity contribution is -0.124. The molecule has 0 aliphatic carbocycles. The van der Waals surface area contributed by atoms with Crippen LogP contribution in [0, 0.1) is 0 Å². The van der Waals surface area contributed by atoms with Gasteiger partial charge in [-0.15, -0.1) is 0 Å². The van der Waals surface area contributed by atoms with Crippen LogP contribution < -0.4 is 0 Å². The van der Waals surface area contributed by atoms with Gasteiger partial charge in [0.1, 0.15) is 12.6 Å². The molecule has 0 spiro atoms. The van der Waals surface area contributed by atoms with E-state index in [4.69, 9.17) is 4.74 Å². The van der Waals surface area contributed by atoms with Crippen molar-refractivity contribution in [2.75, 3.05) is 6.61 Å². The first kappa shape index (κ1) is 11.4. The topological polar surface area (TPSA) is 46.6 Å². The number of ether oxygens (including phenoxy) is 1. The lowest BCUT2D eigenvalue weighted by atomic mass is 10.1. The fourth-order valence-electron chi connectivity index (χ4n) is 1.81. The fraction of sp³-hybridized carbons (Fsp3) is 0.231. The molecule has 88 valence electrons. The minimum Gasteiger partial charge on any atom is -0.446 e. The van der Waals surface area contributed by atoms with Crippen molar-refractivity contribution in [1.29, 1.82) is 0 Å². The summed E-state index contributed by atoms with van der Waals surface area (Å²) in [7, 11) is 0. The number of benzene rings is 1. The van der Waals surface area contributed by atoms with Gasteiger partial charge in [0.2, 0.25) is 0 Å². The molecule has 2 rings (SSSR count). The highest BCUT2D eigenvalue weighted by atomic mass is 16.6. The monoisotopic (exact) mass is 231 g/mol. The number of rotatable bonds is 2. The van der Waals surface area contributed by atoms with Crippen LogP contribution in [0.4, 0.5) is 4.79 Å². The normalized spacial score (nSPS) is 19.7. The predicted octanol–water partition coefficient (Wildman–Crippen LogP) is 2.28. The fourth-order valence-corrected chi connectivity index (χ4v) is 1.81. The Kier molecular flexibility index (Phi) is 3.23. The van der Waals surface area contributed by atoms with E-state index < -0.39 is 6.09 Å². The number of nitrogens with zero attached hydrogens (tertiary/aromatic N) is 1. The van der Waals surface area contributed by atoms with E-state index >= 15 is 0 Å². The largest absolute Gasteiger partial charge is 0.446 e. The van der Waals surface area contributed by atoms with Crippen molar-refractivity contribution in [2.45, 2.75) is 13.0 Å². The molecule has 0 saturated carbocycles. The van der Waals surface area contributed by atoms with E-state index in [2.05, 4.69) is 0 Å². The highest BCUT2D eigenvalue weighted by molar-refractivity contribution is 5.99. The van der Waals surface area contributed by atoms with Gasteiger partial charge in [0.25, 0.3) is 5.91 Å². The molecule has 0 unspecified atom stereocenters. The minimum absolute atomic E-state index is 0.214. The van der Waals surface area contributed by atoms with Gasteiger partial charge in [0, 0.05) is 0 Å². The molecule has 17 heavy (non-hydrogen) atoms. The minimum atomic E-state index is -0.582. The molecule has 4 heteroatoms. The summed E-state index contributed by atoms with van der Waals surface area (Å²) in [6, 6.07) is 9.06. The third kappa shape index (κ3) is 2.20. The smallest absolute Gasteiger partial charge is 0.417 e. The summed E-state index contributed by atoms with van der Waals surface area (Å²) in [5.41, 5.74) is 0.899. The van der Waals surface area contributed by atoms with E-state index in [1.807, 2.05) is 30.3 Å². The first-order chi connectivity index (χ1) is 8.24. The van der Waals surface area contributed by atoms with Crippen LogP contribution in [0.25, 0.3) is 0 Å². The quantitative estimate of drug-likeness (QED) is 0.733. The summed E-state index contributed by atoms with van der Waals surface area (Å²) < 4.78 is 4.93. The molecule has 0 radical (unpaired) electrons. The van der Waals surface area contributed by atoms with Crippen molar-refractivity contribution >= 4 is 12.0 Å². The lowest BCUT2D eigenvalue weighted by Crippen LogP contribution is -2.32. The zero-order valence-corrected chi connectivity index (χ0v) is 9.50. The lowest BCUT2D eigenvalue weighted by Gasteiger charge is -2.18. The van der Waals surface area contributed by atoms with Gasteiger partial charge in [-0.1, -0.05) is 36.4 Å². The average Bonchev–Trinajstić information content (AvgIpc) is 2.73. The number of imide groups is 1. The number of hydrogen-bond donors (Lipinski definition) is 0. The van der Waals surface area contributed by atoms with Crippen LogP contribution in [0.5, 0.6) is 0 Å². The third-order valence-corrected chi connectivity index (χ3v) is 2.60. The second kappa shape index (κ2) is 4.82. The molecule has 1 aromatic rings. The SMILES string of the molecule is C/C=C/C(=O)N1C(=O)OC[C@H]1c1ccccc1. The van der Waals surface area contributed by atoms with Crippen LogP contribution >= 0.6 is 0 Å². The molecular formula is C13H13NO3. The number of allylic oxidation sites excluding steroid dienone is 1. The first-order valence-corrected chi connectivity index (χ1v) is 5.41. The van der Waals surface area contributed by atoms with Gasteiger partial charge < -0.3 is 4.74 Å². The number of hydrogen-bond acceptors (Lipinski definition) is 3. The molecule has 2 amide bonds. The number of cyclic esters (lactones) is 1. The van der Waals surface area contributed by atoms with Crippen molar-refractivity contribution in [3.8, 4) is 0 Å². The van der Waals surface area contributed by atoms with Crippen LogP contribution in [-0.4, -0.2) is 23.5 Å². The van der Waals surface area contributed by atoms with E-state index in [1.54, 1.807) is 13.0 Å². The van der Waals surface area contributed by atoms with Gasteiger partial charge in [0.15, 0.2) is 0 Å². The number of carbonyl (C=O) groups is 2. The van der Waals surface area contributed by atoms with E-state index in [0.29, 0.717) is 0 Å². The van der Waals surface area contributed by atoms with E-state index in [-0.39, 0.29) is 18.6 Å². The summed E-state index contributed by atoms with van der Waals surface area (Å²) in [4.78, 5) is 24.4. The molecule has 1 saturated heterocycles. The average molecular weight is 231 g/mol. The van der Waals surface area contributed by atoms with E-state index in [0.717, 1.165) is 10.5 Å². The van der Waals surface area contributed by atoms with Crippen molar-refractivity contribution < 1.29 is 14.3 Å². The summed E-state index contributed by atoms with van der Waals surface area (Å²) in [6.07, 6.45) is 2.39. The highest BCUT2D eigenvalue weighted by Gasteiger charge is 2.37. The van der Waals surface area contributed by atoms with Crippen LogP contribution in [0.15, 0.2) is 42.5 Å². The van der Waals surface area contributed by atoms with Gasteiger partial charge in [-0.3, -0.25) is 4.79 Å². The van der Waals surface area contributed by atoms with Crippen molar-refractivity contribution in [1.82, 2.24) is 4.90 Å². The highest BCUT2D eigenvalue weighted by Crippen LogP contribution is 2.27. The van der Waals surface area contributed by atoms with Gasteiger partial charge in [-0.2, -0.15) is 0 Å². The number of carbonyl (C=O) groups excluding carboxylic acids is 2. The molecule has 1 aromatic carbocycles. The maximum absolute atomic E-state index is 11.8. The van der Waals surface area contributed by atoms with Crippen LogP contribution in [0.1, 0.15) is 18.5 Å². The van der Waals surface area contributed by atoms with Gasteiger partial charge in [-0.05, 0) is 18.6 Å². The third-order valence-electron chi connectivity index (χ3n) is 2.60. The molecule has 1 aliphatic rings. The first-order valence-electron chi connectivity index (χ1n) is 5.41. The Labute approximate surface area is 99.5 Å². The summed E-state index contributed by atoms with van der Waals surface area (Å²) >= 11 is 0. The van der Waals surface area contributed by atoms with Crippen molar-refractivity contribution in [3.63, 3.8) is 0 Å². The molecule has 1 atom stereocenters. The molecule has 0 N–H and O–H groups in total. The van der Waals surface area contributed by atoms with Crippen LogP contribution in [-0.2, 0) is 9.53 Å². The molecule has 1 aliphatic heterocycles. The summed E-state index contributed by atoms with van der Waals surface area (Å²) in [6.45, 7) is 1.95. The second-order valence-corrected chi connectivity index (χ2v) is 3.71. The van der Waals surface area contributed by atoms with Gasteiger partial charge in [-0.25, -0.2) is 9.69 Å². The van der Waals surface area contributed by atoms with E-state index in [1.165, 1.54) is 6.08 Å². The molecule has 1 heterocycles. The zero-order valence-electron chi connectivity index (χ0n) is 9.50. The van der Waals surface area contributed by atoms with Crippen LogP contribution in [0.2, 0.25) is 0 Å². The van der Waals surface area contributed by atoms with Gasteiger partial charge >= 0.3 is 6.09 Å². The maximum atomic E-state index is 11.8. The Morgan fingerprint density at radius 2 is 2.12 bits per heavy atom. The Hall–Kier alpha value is -2.10. The zero-order chi connectivity index (χ0) is 12.3. The second-order valence-electron chi connectivity index (χ2n) is 3.71. The summed E-state index contributed by atoms with van der Waals surface area (Å²) in [5, 5.41) is 0.